The topological polar surface area (TPSA) is 79.3 Å². The molecule has 0 radical (unpaired) electrons. The number of nitrogens with zero attached hydrogens (tertiary/aromatic N) is 2. The molecule has 1 saturated heterocycles. The SMILES string of the molecule is CCCCCOc1ccc(/C(O)=C2/C(=O)C(=O)N(Cc3cccc(OCC)c3)C2c2ccc(N(C)C)cc2)cc1. The first kappa shape index (κ1) is 28.7. The molecule has 0 saturated carbocycles. The average Bonchev–Trinajstić information content (AvgIpc) is 3.20. The Balaban J connectivity index is 1.71. The van der Waals surface area contributed by atoms with Gasteiger partial charge in [-0.25, -0.2) is 0 Å². The van der Waals surface area contributed by atoms with Crippen LogP contribution in [0.4, 0.5) is 5.69 Å². The summed E-state index contributed by atoms with van der Waals surface area (Å²) in [5.41, 5.74) is 3.07. The largest absolute Gasteiger partial charge is 0.507 e. The molecule has 1 N–H and O–H groups in total. The van der Waals surface area contributed by atoms with Crippen LogP contribution in [0.2, 0.25) is 0 Å². The summed E-state index contributed by atoms with van der Waals surface area (Å²) in [6.07, 6.45) is 3.19. The number of unbranched alkanes of at least 4 members (excludes halogenated alkanes) is 2. The maximum atomic E-state index is 13.5. The monoisotopic (exact) mass is 542 g/mol. The Labute approximate surface area is 236 Å². The molecular weight excluding hydrogens is 504 g/mol. The van der Waals surface area contributed by atoms with Crippen LogP contribution in [0.1, 0.15) is 55.8 Å². The number of ketones is 1. The predicted octanol–water partition coefficient (Wildman–Crippen LogP) is 6.34. The molecule has 1 aliphatic heterocycles. The lowest BCUT2D eigenvalue weighted by Crippen LogP contribution is -2.29. The number of benzene rings is 3. The number of amides is 1. The zero-order chi connectivity index (χ0) is 28.6. The van der Waals surface area contributed by atoms with Crippen molar-refractivity contribution in [3.8, 4) is 11.5 Å². The molecule has 0 spiro atoms. The van der Waals surface area contributed by atoms with E-state index in [9.17, 15) is 14.7 Å². The first-order valence-electron chi connectivity index (χ1n) is 13.8. The van der Waals surface area contributed by atoms with Crippen molar-refractivity contribution in [2.75, 3.05) is 32.2 Å². The Morgan fingerprint density at radius 2 is 1.62 bits per heavy atom. The molecule has 1 unspecified atom stereocenters. The van der Waals surface area contributed by atoms with Gasteiger partial charge in [0.15, 0.2) is 0 Å². The van der Waals surface area contributed by atoms with Crippen molar-refractivity contribution in [3.05, 3.63) is 95.1 Å². The second-order valence-corrected chi connectivity index (χ2v) is 10.1. The van der Waals surface area contributed by atoms with Gasteiger partial charge in [0.25, 0.3) is 11.7 Å². The van der Waals surface area contributed by atoms with Crippen molar-refractivity contribution < 1.29 is 24.2 Å². The predicted molar refractivity (Wildman–Crippen MR) is 158 cm³/mol. The molecule has 0 aliphatic carbocycles. The lowest BCUT2D eigenvalue weighted by Gasteiger charge is -2.26. The molecule has 0 bridgehead atoms. The summed E-state index contributed by atoms with van der Waals surface area (Å²) >= 11 is 0. The summed E-state index contributed by atoms with van der Waals surface area (Å²) in [7, 11) is 3.90. The Morgan fingerprint density at radius 3 is 2.27 bits per heavy atom. The van der Waals surface area contributed by atoms with Crippen molar-refractivity contribution in [2.24, 2.45) is 0 Å². The van der Waals surface area contributed by atoms with Crippen LogP contribution in [0.5, 0.6) is 11.5 Å². The lowest BCUT2D eigenvalue weighted by atomic mass is 9.95. The van der Waals surface area contributed by atoms with Gasteiger partial charge in [-0.2, -0.15) is 0 Å². The summed E-state index contributed by atoms with van der Waals surface area (Å²) < 4.78 is 11.4. The highest BCUT2D eigenvalue weighted by atomic mass is 16.5. The zero-order valence-electron chi connectivity index (χ0n) is 23.7. The van der Waals surface area contributed by atoms with E-state index in [1.807, 2.05) is 74.4 Å². The molecule has 1 atom stereocenters. The number of Topliss-reactive ketones (excluding diaryl/α,β-unsaturated/α-hetero) is 1. The molecule has 3 aromatic carbocycles. The number of carbonyl (C=O) groups is 2. The van der Waals surface area contributed by atoms with Gasteiger partial charge in [-0.3, -0.25) is 9.59 Å². The second kappa shape index (κ2) is 13.2. The van der Waals surface area contributed by atoms with Crippen LogP contribution in [-0.2, 0) is 16.1 Å². The number of aliphatic hydroxyl groups excluding tert-OH is 1. The standard InChI is InChI=1S/C33H38N2O5/c1-5-7-8-20-40-27-18-14-25(15-19-27)31(36)29-30(24-12-16-26(17-13-24)34(3)4)35(33(38)32(29)37)22-23-10-9-11-28(21-23)39-6-2/h9-19,21,30,36H,5-8,20,22H2,1-4H3/b31-29-. The van der Waals surface area contributed by atoms with Crippen LogP contribution in [0.15, 0.2) is 78.4 Å². The molecule has 1 amide bonds. The van der Waals surface area contributed by atoms with E-state index in [-0.39, 0.29) is 17.9 Å². The van der Waals surface area contributed by atoms with E-state index < -0.39 is 17.7 Å². The highest BCUT2D eigenvalue weighted by Crippen LogP contribution is 2.41. The molecule has 7 heteroatoms. The minimum absolute atomic E-state index is 0.0696. The third-order valence-corrected chi connectivity index (χ3v) is 6.97. The van der Waals surface area contributed by atoms with Crippen LogP contribution in [0.3, 0.4) is 0 Å². The Hall–Kier alpha value is -4.26. The van der Waals surface area contributed by atoms with E-state index in [0.717, 1.165) is 36.1 Å². The third kappa shape index (κ3) is 6.47. The lowest BCUT2D eigenvalue weighted by molar-refractivity contribution is -0.140. The quantitative estimate of drug-likeness (QED) is 0.124. The summed E-state index contributed by atoms with van der Waals surface area (Å²) in [6, 6.07) is 21.4. The molecule has 1 aliphatic rings. The van der Waals surface area contributed by atoms with E-state index >= 15 is 0 Å². The third-order valence-electron chi connectivity index (χ3n) is 6.97. The van der Waals surface area contributed by atoms with Gasteiger partial charge >= 0.3 is 0 Å². The van der Waals surface area contributed by atoms with Gasteiger partial charge in [0.05, 0.1) is 24.8 Å². The van der Waals surface area contributed by atoms with Crippen molar-refractivity contribution in [1.82, 2.24) is 4.90 Å². The number of ether oxygens (including phenoxy) is 2. The first-order valence-corrected chi connectivity index (χ1v) is 13.8. The smallest absolute Gasteiger partial charge is 0.295 e. The van der Waals surface area contributed by atoms with Crippen LogP contribution in [0, 0.1) is 0 Å². The number of carbonyl (C=O) groups excluding carboxylic acids is 2. The van der Waals surface area contributed by atoms with E-state index in [1.165, 1.54) is 4.90 Å². The number of hydrogen-bond donors (Lipinski definition) is 1. The summed E-state index contributed by atoms with van der Waals surface area (Å²) in [4.78, 5) is 30.4. The molecule has 3 aromatic rings. The van der Waals surface area contributed by atoms with Crippen molar-refractivity contribution >= 4 is 23.1 Å². The summed E-state index contributed by atoms with van der Waals surface area (Å²) in [5.74, 6) is -0.178. The van der Waals surface area contributed by atoms with Crippen LogP contribution in [-0.4, -0.2) is 49.0 Å². The molecule has 0 aromatic heterocycles. The van der Waals surface area contributed by atoms with Crippen LogP contribution in [0.25, 0.3) is 5.76 Å². The number of rotatable bonds is 12. The number of anilines is 1. The number of aliphatic hydroxyl groups is 1. The minimum atomic E-state index is -0.753. The van der Waals surface area contributed by atoms with Gasteiger partial charge in [0.1, 0.15) is 17.3 Å². The van der Waals surface area contributed by atoms with Gasteiger partial charge in [-0.1, -0.05) is 44.0 Å². The Morgan fingerprint density at radius 1 is 0.900 bits per heavy atom. The highest BCUT2D eigenvalue weighted by molar-refractivity contribution is 6.46. The van der Waals surface area contributed by atoms with E-state index in [4.69, 9.17) is 9.47 Å². The number of likely N-dealkylation sites (tertiary alicyclic amines) is 1. The molecule has 1 fully saturated rings. The fourth-order valence-corrected chi connectivity index (χ4v) is 4.85. The Bertz CT molecular complexity index is 1350. The zero-order valence-corrected chi connectivity index (χ0v) is 23.7. The highest BCUT2D eigenvalue weighted by Gasteiger charge is 2.46. The van der Waals surface area contributed by atoms with E-state index in [2.05, 4.69) is 6.92 Å². The maximum Gasteiger partial charge on any atom is 0.295 e. The van der Waals surface area contributed by atoms with Crippen molar-refractivity contribution in [2.45, 2.75) is 45.7 Å². The van der Waals surface area contributed by atoms with Gasteiger partial charge in [0.2, 0.25) is 0 Å². The van der Waals surface area contributed by atoms with Crippen molar-refractivity contribution in [3.63, 3.8) is 0 Å². The van der Waals surface area contributed by atoms with E-state index in [1.54, 1.807) is 24.3 Å². The molecule has 40 heavy (non-hydrogen) atoms. The minimum Gasteiger partial charge on any atom is -0.507 e. The fourth-order valence-electron chi connectivity index (χ4n) is 4.85. The van der Waals surface area contributed by atoms with E-state index in [0.29, 0.717) is 30.3 Å². The second-order valence-electron chi connectivity index (χ2n) is 10.1. The summed E-state index contributed by atoms with van der Waals surface area (Å²) in [5, 5.41) is 11.4. The molecule has 1 heterocycles. The van der Waals surface area contributed by atoms with Crippen LogP contribution < -0.4 is 14.4 Å². The normalized spacial score (nSPS) is 16.3. The molecule has 210 valence electrons. The van der Waals surface area contributed by atoms with Crippen molar-refractivity contribution in [1.29, 1.82) is 0 Å². The average molecular weight is 543 g/mol. The van der Waals surface area contributed by atoms with Crippen LogP contribution >= 0.6 is 0 Å². The Kier molecular flexibility index (Phi) is 9.48. The number of hydrogen-bond acceptors (Lipinski definition) is 6. The van der Waals surface area contributed by atoms with Gasteiger partial charge in [-0.05, 0) is 73.0 Å². The molecule has 4 rings (SSSR count). The fraction of sp³-hybridized carbons (Fsp3) is 0.333. The van der Waals surface area contributed by atoms with Gasteiger partial charge in [-0.15, -0.1) is 0 Å². The van der Waals surface area contributed by atoms with Gasteiger partial charge < -0.3 is 24.4 Å². The van der Waals surface area contributed by atoms with Gasteiger partial charge in [0, 0.05) is 31.9 Å². The maximum absolute atomic E-state index is 13.5. The summed E-state index contributed by atoms with van der Waals surface area (Å²) in [6.45, 7) is 5.39. The molecule has 7 nitrogen and oxygen atoms in total. The first-order chi connectivity index (χ1) is 19.3. The molecular formula is C33H38N2O5.